The van der Waals surface area contributed by atoms with Crippen LogP contribution in [0.1, 0.15) is 19.4 Å². The quantitative estimate of drug-likeness (QED) is 0.808. The summed E-state index contributed by atoms with van der Waals surface area (Å²) in [6, 6.07) is 3.54. The molecular weight excluding hydrogens is 282 g/mol. The molecule has 0 amide bonds. The van der Waals surface area contributed by atoms with E-state index in [4.69, 9.17) is 31.9 Å². The molecule has 0 radical (unpaired) electrons. The predicted molar refractivity (Wildman–Crippen MR) is 77.7 cm³/mol. The molecule has 1 aromatic carbocycles. The van der Waals surface area contributed by atoms with E-state index in [2.05, 4.69) is 0 Å². The summed E-state index contributed by atoms with van der Waals surface area (Å²) in [5, 5.41) is 9.45. The molecule has 0 saturated carbocycles. The lowest BCUT2D eigenvalue weighted by atomic mass is 9.95. The van der Waals surface area contributed by atoms with Crippen LogP contribution >= 0.6 is 11.6 Å². The number of nitrogens with two attached hydrogens (primary N) is 1. The second-order valence-corrected chi connectivity index (χ2v) is 5.53. The SMILES string of the molecule is COc1cc(CCN)cc(Cl)c1OCC(C)(C)C(=O)O. The monoisotopic (exact) mass is 301 g/mol. The van der Waals surface area contributed by atoms with Gasteiger partial charge in [-0.05, 0) is 44.5 Å². The van der Waals surface area contributed by atoms with Crippen LogP contribution in [0.2, 0.25) is 5.02 Å². The van der Waals surface area contributed by atoms with E-state index in [1.807, 2.05) is 0 Å². The van der Waals surface area contributed by atoms with Crippen molar-refractivity contribution >= 4 is 17.6 Å². The fourth-order valence-electron chi connectivity index (χ4n) is 1.54. The van der Waals surface area contributed by atoms with Crippen LogP contribution in [0.15, 0.2) is 12.1 Å². The van der Waals surface area contributed by atoms with Crippen LogP contribution in [-0.4, -0.2) is 31.3 Å². The molecule has 0 fully saturated rings. The lowest BCUT2D eigenvalue weighted by Gasteiger charge is -2.21. The third-order valence-corrected chi connectivity index (χ3v) is 3.16. The standard InChI is InChI=1S/C14H20ClNO4/c1-14(2,13(17)18)8-20-12-10(15)6-9(4-5-16)7-11(12)19-3/h6-7H,4-5,8,16H2,1-3H3,(H,17,18). The molecule has 6 heteroatoms. The Bertz CT molecular complexity index is 488. The first-order chi connectivity index (χ1) is 9.31. The van der Waals surface area contributed by atoms with E-state index in [0.717, 1.165) is 5.56 Å². The number of carbonyl (C=O) groups is 1. The van der Waals surface area contributed by atoms with E-state index in [1.54, 1.807) is 26.0 Å². The van der Waals surface area contributed by atoms with Crippen LogP contribution in [0.3, 0.4) is 0 Å². The Labute approximate surface area is 123 Å². The molecule has 0 aliphatic rings. The van der Waals surface area contributed by atoms with Gasteiger partial charge in [0.15, 0.2) is 11.5 Å². The maximum Gasteiger partial charge on any atom is 0.312 e. The Morgan fingerprint density at radius 3 is 2.60 bits per heavy atom. The molecule has 0 unspecified atom stereocenters. The molecule has 0 spiro atoms. The summed E-state index contributed by atoms with van der Waals surface area (Å²) in [7, 11) is 1.51. The molecule has 20 heavy (non-hydrogen) atoms. The number of carboxylic acid groups (broad SMARTS) is 1. The van der Waals surface area contributed by atoms with Gasteiger partial charge >= 0.3 is 5.97 Å². The minimum atomic E-state index is -1.01. The Hall–Kier alpha value is -1.46. The number of hydrogen-bond donors (Lipinski definition) is 2. The van der Waals surface area contributed by atoms with Gasteiger partial charge in [0.2, 0.25) is 0 Å². The zero-order chi connectivity index (χ0) is 15.3. The molecule has 0 saturated heterocycles. The Balaban J connectivity index is 2.97. The number of ether oxygens (including phenoxy) is 2. The van der Waals surface area contributed by atoms with Crippen molar-refractivity contribution in [3.63, 3.8) is 0 Å². The minimum absolute atomic E-state index is 0.00531. The summed E-state index contributed by atoms with van der Waals surface area (Å²) >= 11 is 6.16. The van der Waals surface area contributed by atoms with Crippen molar-refractivity contribution in [2.75, 3.05) is 20.3 Å². The number of halogens is 1. The number of carboxylic acids is 1. The smallest absolute Gasteiger partial charge is 0.312 e. The van der Waals surface area contributed by atoms with Gasteiger partial charge in [-0.1, -0.05) is 11.6 Å². The van der Waals surface area contributed by atoms with Crippen molar-refractivity contribution in [3.8, 4) is 11.5 Å². The van der Waals surface area contributed by atoms with Crippen LogP contribution in [0, 0.1) is 5.41 Å². The first kappa shape index (κ1) is 16.6. The molecule has 5 nitrogen and oxygen atoms in total. The van der Waals surface area contributed by atoms with E-state index in [1.165, 1.54) is 7.11 Å². The Morgan fingerprint density at radius 1 is 1.45 bits per heavy atom. The molecule has 3 N–H and O–H groups in total. The maximum atomic E-state index is 11.1. The van der Waals surface area contributed by atoms with Crippen molar-refractivity contribution in [1.82, 2.24) is 0 Å². The van der Waals surface area contributed by atoms with Gasteiger partial charge in [-0.2, -0.15) is 0 Å². The summed E-state index contributed by atoms with van der Waals surface area (Å²) in [5.74, 6) is -0.112. The van der Waals surface area contributed by atoms with Crippen LogP contribution in [0.25, 0.3) is 0 Å². The highest BCUT2D eigenvalue weighted by Crippen LogP contribution is 2.37. The molecular formula is C14H20ClNO4. The predicted octanol–water partition coefficient (Wildman–Crippen LogP) is 2.34. The van der Waals surface area contributed by atoms with Gasteiger partial charge in [0, 0.05) is 0 Å². The Morgan fingerprint density at radius 2 is 2.10 bits per heavy atom. The van der Waals surface area contributed by atoms with E-state index >= 15 is 0 Å². The third-order valence-electron chi connectivity index (χ3n) is 2.88. The summed E-state index contributed by atoms with van der Waals surface area (Å²) in [4.78, 5) is 11.1. The molecule has 0 aliphatic heterocycles. The number of rotatable bonds is 7. The van der Waals surface area contributed by atoms with E-state index in [-0.39, 0.29) is 6.61 Å². The summed E-state index contributed by atoms with van der Waals surface area (Å²) < 4.78 is 10.8. The fourth-order valence-corrected chi connectivity index (χ4v) is 1.83. The first-order valence-corrected chi connectivity index (χ1v) is 6.62. The topological polar surface area (TPSA) is 81.8 Å². The first-order valence-electron chi connectivity index (χ1n) is 6.24. The average molecular weight is 302 g/mol. The maximum absolute atomic E-state index is 11.1. The second kappa shape index (κ2) is 6.81. The number of benzene rings is 1. The zero-order valence-electron chi connectivity index (χ0n) is 11.9. The molecule has 0 aliphatic carbocycles. The minimum Gasteiger partial charge on any atom is -0.493 e. The van der Waals surface area contributed by atoms with Gasteiger partial charge in [0.25, 0.3) is 0 Å². The lowest BCUT2D eigenvalue weighted by molar-refractivity contribution is -0.148. The molecule has 0 atom stereocenters. The lowest BCUT2D eigenvalue weighted by Crippen LogP contribution is -2.30. The van der Waals surface area contributed by atoms with Gasteiger partial charge in [0.1, 0.15) is 6.61 Å². The van der Waals surface area contributed by atoms with E-state index in [9.17, 15) is 4.79 Å². The van der Waals surface area contributed by atoms with Crippen molar-refractivity contribution in [2.45, 2.75) is 20.3 Å². The van der Waals surface area contributed by atoms with Crippen molar-refractivity contribution in [1.29, 1.82) is 0 Å². The summed E-state index contributed by atoms with van der Waals surface area (Å²) in [6.07, 6.45) is 0.678. The van der Waals surface area contributed by atoms with Gasteiger partial charge in [-0.3, -0.25) is 4.79 Å². The summed E-state index contributed by atoms with van der Waals surface area (Å²) in [6.45, 7) is 3.66. The third kappa shape index (κ3) is 4.02. The van der Waals surface area contributed by atoms with Crippen LogP contribution in [0.5, 0.6) is 11.5 Å². The molecule has 1 rings (SSSR count). The molecule has 1 aromatic rings. The van der Waals surface area contributed by atoms with Crippen LogP contribution in [-0.2, 0) is 11.2 Å². The van der Waals surface area contributed by atoms with E-state index < -0.39 is 11.4 Å². The second-order valence-electron chi connectivity index (χ2n) is 5.13. The molecule has 0 aromatic heterocycles. The zero-order valence-corrected chi connectivity index (χ0v) is 12.7. The highest BCUT2D eigenvalue weighted by Gasteiger charge is 2.29. The van der Waals surface area contributed by atoms with Gasteiger partial charge in [0.05, 0.1) is 17.5 Å². The summed E-state index contributed by atoms with van der Waals surface area (Å²) in [5.41, 5.74) is 5.44. The van der Waals surface area contributed by atoms with Gasteiger partial charge < -0.3 is 20.3 Å². The highest BCUT2D eigenvalue weighted by molar-refractivity contribution is 6.32. The number of methoxy groups -OCH3 is 1. The van der Waals surface area contributed by atoms with Crippen LogP contribution < -0.4 is 15.2 Å². The Kier molecular flexibility index (Phi) is 5.65. The molecule has 0 heterocycles. The number of hydrogen-bond acceptors (Lipinski definition) is 4. The fraction of sp³-hybridized carbons (Fsp3) is 0.500. The number of aliphatic carboxylic acids is 1. The van der Waals surface area contributed by atoms with Crippen molar-refractivity contribution in [3.05, 3.63) is 22.7 Å². The van der Waals surface area contributed by atoms with Crippen molar-refractivity contribution < 1.29 is 19.4 Å². The highest BCUT2D eigenvalue weighted by atomic mass is 35.5. The van der Waals surface area contributed by atoms with E-state index in [0.29, 0.717) is 29.5 Å². The van der Waals surface area contributed by atoms with Gasteiger partial charge in [-0.15, -0.1) is 0 Å². The van der Waals surface area contributed by atoms with Crippen molar-refractivity contribution in [2.24, 2.45) is 11.1 Å². The average Bonchev–Trinajstić information content (AvgIpc) is 2.37. The molecule has 112 valence electrons. The van der Waals surface area contributed by atoms with Gasteiger partial charge in [-0.25, -0.2) is 0 Å². The molecule has 0 bridgehead atoms. The van der Waals surface area contributed by atoms with Crippen LogP contribution in [0.4, 0.5) is 0 Å². The normalized spacial score (nSPS) is 11.2. The largest absolute Gasteiger partial charge is 0.493 e.